The molecule has 0 aromatic rings. The van der Waals surface area contributed by atoms with Gasteiger partial charge < -0.3 is 14.5 Å². The van der Waals surface area contributed by atoms with Gasteiger partial charge in [0.15, 0.2) is 0 Å². The van der Waals surface area contributed by atoms with Crippen LogP contribution in [0, 0.1) is 5.92 Å². The first-order valence-corrected chi connectivity index (χ1v) is 9.25. The highest BCUT2D eigenvalue weighted by molar-refractivity contribution is 9.09. The predicted octanol–water partition coefficient (Wildman–Crippen LogP) is 2.97. The molecule has 2 heterocycles. The summed E-state index contributed by atoms with van der Waals surface area (Å²) in [7, 11) is 0. The molecule has 2 rings (SSSR count). The van der Waals surface area contributed by atoms with Crippen LogP contribution in [0.1, 0.15) is 40.0 Å². The molecule has 0 aromatic heterocycles. The van der Waals surface area contributed by atoms with Gasteiger partial charge in [0.2, 0.25) is 5.91 Å². The quantitative estimate of drug-likeness (QED) is 0.693. The molecule has 2 fully saturated rings. The van der Waals surface area contributed by atoms with E-state index < -0.39 is 17.4 Å². The zero-order valence-electron chi connectivity index (χ0n) is 14.1. The van der Waals surface area contributed by atoms with E-state index in [0.29, 0.717) is 26.1 Å². The molecule has 1 unspecified atom stereocenters. The molecule has 5 nitrogen and oxygen atoms in total. The van der Waals surface area contributed by atoms with E-state index in [1.54, 1.807) is 9.80 Å². The molecular formula is C16H26BrFN2O3. The Kier molecular flexibility index (Phi) is 5.59. The maximum absolute atomic E-state index is 15.0. The van der Waals surface area contributed by atoms with Gasteiger partial charge in [0.1, 0.15) is 11.3 Å². The van der Waals surface area contributed by atoms with E-state index in [0.717, 1.165) is 5.33 Å². The summed E-state index contributed by atoms with van der Waals surface area (Å²) in [5, 5.41) is 0.765. The van der Waals surface area contributed by atoms with Gasteiger partial charge in [-0.1, -0.05) is 15.9 Å². The lowest BCUT2D eigenvalue weighted by molar-refractivity contribution is -0.130. The molecule has 1 atom stereocenters. The van der Waals surface area contributed by atoms with Crippen LogP contribution >= 0.6 is 15.9 Å². The molecule has 0 aliphatic carbocycles. The summed E-state index contributed by atoms with van der Waals surface area (Å²) in [6.07, 6.45) is 0.589. The third-order valence-electron chi connectivity index (χ3n) is 4.30. The highest BCUT2D eigenvalue weighted by Crippen LogP contribution is 2.31. The first-order valence-electron chi connectivity index (χ1n) is 8.12. The minimum Gasteiger partial charge on any atom is -0.444 e. The molecule has 132 valence electrons. The number of hydrogen-bond donors (Lipinski definition) is 0. The van der Waals surface area contributed by atoms with Crippen LogP contribution in [0.2, 0.25) is 0 Å². The SMILES string of the molecule is CC(C)(C)OC(=O)N1CCC(F)(CN2CC(CBr)CC2=O)CC1. The van der Waals surface area contributed by atoms with Crippen molar-refractivity contribution < 1.29 is 18.7 Å². The Morgan fingerprint density at radius 1 is 1.39 bits per heavy atom. The van der Waals surface area contributed by atoms with Crippen molar-refractivity contribution in [1.82, 2.24) is 9.80 Å². The summed E-state index contributed by atoms with van der Waals surface area (Å²) in [5.74, 6) is 0.300. The van der Waals surface area contributed by atoms with Crippen molar-refractivity contribution in [3.05, 3.63) is 0 Å². The van der Waals surface area contributed by atoms with Crippen molar-refractivity contribution in [3.63, 3.8) is 0 Å². The van der Waals surface area contributed by atoms with Crippen molar-refractivity contribution in [1.29, 1.82) is 0 Å². The minimum atomic E-state index is -1.41. The first-order chi connectivity index (χ1) is 10.6. The van der Waals surface area contributed by atoms with E-state index >= 15 is 4.39 Å². The second kappa shape index (κ2) is 6.95. The third-order valence-corrected chi connectivity index (χ3v) is 5.21. The van der Waals surface area contributed by atoms with Gasteiger partial charge >= 0.3 is 6.09 Å². The van der Waals surface area contributed by atoms with Crippen LogP contribution in [-0.2, 0) is 9.53 Å². The maximum atomic E-state index is 15.0. The molecule has 0 spiro atoms. The van der Waals surface area contributed by atoms with Gasteiger partial charge in [0.05, 0.1) is 6.54 Å². The fraction of sp³-hybridized carbons (Fsp3) is 0.875. The highest BCUT2D eigenvalue weighted by atomic mass is 79.9. The number of amides is 2. The summed E-state index contributed by atoms with van der Waals surface area (Å²) in [5.41, 5.74) is -1.95. The summed E-state index contributed by atoms with van der Waals surface area (Å²) in [6, 6.07) is 0. The summed E-state index contributed by atoms with van der Waals surface area (Å²) < 4.78 is 20.3. The van der Waals surface area contributed by atoms with E-state index in [2.05, 4.69) is 15.9 Å². The van der Waals surface area contributed by atoms with Crippen molar-refractivity contribution in [2.75, 3.05) is 31.5 Å². The fourth-order valence-electron chi connectivity index (χ4n) is 3.03. The highest BCUT2D eigenvalue weighted by Gasteiger charge is 2.41. The molecule has 2 aliphatic rings. The van der Waals surface area contributed by atoms with Crippen molar-refractivity contribution in [2.24, 2.45) is 5.92 Å². The van der Waals surface area contributed by atoms with Crippen LogP contribution in [0.3, 0.4) is 0 Å². The second-order valence-corrected chi connectivity index (χ2v) is 8.26. The third kappa shape index (κ3) is 5.06. The lowest BCUT2D eigenvalue weighted by atomic mass is 9.93. The van der Waals surface area contributed by atoms with Crippen molar-refractivity contribution in [2.45, 2.75) is 51.3 Å². The van der Waals surface area contributed by atoms with Crippen LogP contribution in [0.4, 0.5) is 9.18 Å². The Morgan fingerprint density at radius 3 is 2.48 bits per heavy atom. The predicted molar refractivity (Wildman–Crippen MR) is 89.4 cm³/mol. The number of carbonyl (C=O) groups is 2. The van der Waals surface area contributed by atoms with Gasteiger partial charge in [-0.15, -0.1) is 0 Å². The molecule has 2 amide bonds. The van der Waals surface area contributed by atoms with Gasteiger partial charge in [-0.3, -0.25) is 4.79 Å². The molecule has 2 aliphatic heterocycles. The molecule has 23 heavy (non-hydrogen) atoms. The Bertz CT molecular complexity index is 459. The van der Waals surface area contributed by atoms with Crippen LogP contribution in [0.15, 0.2) is 0 Å². The zero-order chi connectivity index (χ0) is 17.3. The Balaban J connectivity index is 1.85. The van der Waals surface area contributed by atoms with Crippen molar-refractivity contribution in [3.8, 4) is 0 Å². The monoisotopic (exact) mass is 392 g/mol. The number of halogens is 2. The summed E-state index contributed by atoms with van der Waals surface area (Å²) >= 11 is 3.39. The molecule has 2 saturated heterocycles. The Morgan fingerprint density at radius 2 is 2.00 bits per heavy atom. The minimum absolute atomic E-state index is 0.0287. The molecule has 0 radical (unpaired) electrons. The van der Waals surface area contributed by atoms with Gasteiger partial charge in [-0.25, -0.2) is 9.18 Å². The standard InChI is InChI=1S/C16H26BrFN2O3/c1-15(2,3)23-14(22)19-6-4-16(18,5-7-19)11-20-10-12(9-17)8-13(20)21/h12H,4-11H2,1-3H3. The average molecular weight is 393 g/mol. The topological polar surface area (TPSA) is 49.9 Å². The maximum Gasteiger partial charge on any atom is 0.410 e. The average Bonchev–Trinajstić information content (AvgIpc) is 2.77. The Hall–Kier alpha value is -0.850. The van der Waals surface area contributed by atoms with E-state index in [9.17, 15) is 9.59 Å². The smallest absolute Gasteiger partial charge is 0.410 e. The van der Waals surface area contributed by atoms with Crippen LogP contribution in [0.25, 0.3) is 0 Å². The number of nitrogens with zero attached hydrogens (tertiary/aromatic N) is 2. The lowest BCUT2D eigenvalue weighted by Gasteiger charge is -2.38. The molecule has 0 bridgehead atoms. The number of alkyl halides is 2. The second-order valence-electron chi connectivity index (χ2n) is 7.62. The first kappa shape index (κ1) is 18.5. The molecule has 0 aromatic carbocycles. The number of piperidine rings is 1. The summed E-state index contributed by atoms with van der Waals surface area (Å²) in [6.45, 7) is 6.85. The number of hydrogen-bond acceptors (Lipinski definition) is 3. The number of likely N-dealkylation sites (tertiary alicyclic amines) is 2. The molecule has 0 N–H and O–H groups in total. The van der Waals surface area contributed by atoms with Crippen molar-refractivity contribution >= 4 is 27.9 Å². The van der Waals surface area contributed by atoms with Crippen LogP contribution in [-0.4, -0.2) is 64.6 Å². The summed E-state index contributed by atoms with van der Waals surface area (Å²) in [4.78, 5) is 27.1. The van der Waals surface area contributed by atoms with E-state index in [1.807, 2.05) is 20.8 Å². The van der Waals surface area contributed by atoms with Gasteiger partial charge in [-0.2, -0.15) is 0 Å². The van der Waals surface area contributed by atoms with Gasteiger partial charge in [0, 0.05) is 44.2 Å². The van der Waals surface area contributed by atoms with E-state index in [4.69, 9.17) is 4.74 Å². The van der Waals surface area contributed by atoms with Crippen LogP contribution < -0.4 is 0 Å². The molecule has 7 heteroatoms. The van der Waals surface area contributed by atoms with Crippen LogP contribution in [0.5, 0.6) is 0 Å². The number of carbonyl (C=O) groups excluding carboxylic acids is 2. The molecule has 0 saturated carbocycles. The lowest BCUT2D eigenvalue weighted by Crippen LogP contribution is -2.50. The number of ether oxygens (including phenoxy) is 1. The van der Waals surface area contributed by atoms with E-state index in [-0.39, 0.29) is 31.2 Å². The molecular weight excluding hydrogens is 367 g/mol. The normalized spacial score (nSPS) is 24.9. The largest absolute Gasteiger partial charge is 0.444 e. The number of rotatable bonds is 3. The fourth-order valence-corrected chi connectivity index (χ4v) is 3.46. The Labute approximate surface area is 145 Å². The van der Waals surface area contributed by atoms with Gasteiger partial charge in [0.25, 0.3) is 0 Å². The van der Waals surface area contributed by atoms with Gasteiger partial charge in [-0.05, 0) is 26.7 Å². The van der Waals surface area contributed by atoms with E-state index in [1.165, 1.54) is 0 Å². The zero-order valence-corrected chi connectivity index (χ0v) is 15.7.